The van der Waals surface area contributed by atoms with Crippen LogP contribution in [0.15, 0.2) is 30.3 Å². The van der Waals surface area contributed by atoms with Gasteiger partial charge in [-0.3, -0.25) is 0 Å². The molecule has 2 rings (SSSR count). The lowest BCUT2D eigenvalue weighted by atomic mass is 10.0. The first-order valence-electron chi connectivity index (χ1n) is 8.39. The third kappa shape index (κ3) is 4.23. The van der Waals surface area contributed by atoms with Gasteiger partial charge in [-0.05, 0) is 45.3 Å². The maximum Gasteiger partial charge on any atom is 0.317 e. The van der Waals surface area contributed by atoms with Gasteiger partial charge in [0.05, 0.1) is 6.04 Å². The SMILES string of the molecule is CCC1CCCCN1C(=O)NCC(c1ccccc1)N(C)C. The van der Waals surface area contributed by atoms with E-state index in [0.29, 0.717) is 12.6 Å². The molecule has 1 fully saturated rings. The van der Waals surface area contributed by atoms with Crippen molar-refractivity contribution in [2.45, 2.75) is 44.7 Å². The lowest BCUT2D eigenvalue weighted by Crippen LogP contribution is -2.49. The van der Waals surface area contributed by atoms with Gasteiger partial charge in [-0.25, -0.2) is 4.79 Å². The molecule has 1 saturated heterocycles. The third-order valence-corrected chi connectivity index (χ3v) is 4.61. The molecule has 2 amide bonds. The number of carbonyl (C=O) groups is 1. The number of nitrogens with one attached hydrogen (secondary N) is 1. The van der Waals surface area contributed by atoms with E-state index in [2.05, 4.69) is 43.4 Å². The molecule has 4 nitrogen and oxygen atoms in total. The van der Waals surface area contributed by atoms with Crippen molar-refractivity contribution in [2.75, 3.05) is 27.2 Å². The first kappa shape index (κ1) is 16.8. The molecule has 0 saturated carbocycles. The van der Waals surface area contributed by atoms with Crippen molar-refractivity contribution < 1.29 is 4.79 Å². The Balaban J connectivity index is 1.96. The van der Waals surface area contributed by atoms with E-state index in [4.69, 9.17) is 0 Å². The van der Waals surface area contributed by atoms with E-state index in [9.17, 15) is 4.79 Å². The molecule has 0 spiro atoms. The van der Waals surface area contributed by atoms with Crippen LogP contribution in [0, 0.1) is 0 Å². The van der Waals surface area contributed by atoms with Crippen LogP contribution in [0.2, 0.25) is 0 Å². The summed E-state index contributed by atoms with van der Waals surface area (Å²) in [4.78, 5) is 16.7. The van der Waals surface area contributed by atoms with Crippen LogP contribution in [0.4, 0.5) is 4.79 Å². The summed E-state index contributed by atoms with van der Waals surface area (Å²) in [6.45, 7) is 3.70. The van der Waals surface area contributed by atoms with Crippen molar-refractivity contribution >= 4 is 6.03 Å². The van der Waals surface area contributed by atoms with Gasteiger partial charge in [-0.15, -0.1) is 0 Å². The second-order valence-corrected chi connectivity index (χ2v) is 6.33. The van der Waals surface area contributed by atoms with Crippen molar-refractivity contribution in [3.8, 4) is 0 Å². The van der Waals surface area contributed by atoms with Crippen molar-refractivity contribution in [2.24, 2.45) is 0 Å². The zero-order chi connectivity index (χ0) is 15.9. The number of likely N-dealkylation sites (tertiary alicyclic amines) is 1. The number of carbonyl (C=O) groups excluding carboxylic acids is 1. The molecule has 2 atom stereocenters. The fourth-order valence-electron chi connectivity index (χ4n) is 3.25. The van der Waals surface area contributed by atoms with Gasteiger partial charge >= 0.3 is 6.03 Å². The number of urea groups is 1. The Morgan fingerprint density at radius 2 is 2.05 bits per heavy atom. The van der Waals surface area contributed by atoms with E-state index in [1.807, 2.05) is 23.1 Å². The quantitative estimate of drug-likeness (QED) is 0.906. The highest BCUT2D eigenvalue weighted by molar-refractivity contribution is 5.74. The second kappa shape index (κ2) is 8.18. The second-order valence-electron chi connectivity index (χ2n) is 6.33. The average molecular weight is 303 g/mol. The average Bonchev–Trinajstić information content (AvgIpc) is 2.55. The molecule has 2 unspecified atom stereocenters. The molecule has 1 N–H and O–H groups in total. The minimum atomic E-state index is 0.0920. The van der Waals surface area contributed by atoms with E-state index in [1.165, 1.54) is 12.0 Å². The number of benzene rings is 1. The molecule has 122 valence electrons. The fourth-order valence-corrected chi connectivity index (χ4v) is 3.25. The summed E-state index contributed by atoms with van der Waals surface area (Å²) in [6.07, 6.45) is 4.55. The summed E-state index contributed by atoms with van der Waals surface area (Å²) in [6, 6.07) is 11.1. The predicted octanol–water partition coefficient (Wildman–Crippen LogP) is 3.26. The van der Waals surface area contributed by atoms with Crippen LogP contribution in [-0.2, 0) is 0 Å². The maximum atomic E-state index is 12.5. The first-order valence-corrected chi connectivity index (χ1v) is 8.39. The van der Waals surface area contributed by atoms with Crippen LogP contribution in [0.3, 0.4) is 0 Å². The number of rotatable bonds is 5. The monoisotopic (exact) mass is 303 g/mol. The number of hydrogen-bond donors (Lipinski definition) is 1. The highest BCUT2D eigenvalue weighted by atomic mass is 16.2. The van der Waals surface area contributed by atoms with Gasteiger partial charge in [0.1, 0.15) is 0 Å². The molecular weight excluding hydrogens is 274 g/mol. The minimum absolute atomic E-state index is 0.0920. The number of likely N-dealkylation sites (N-methyl/N-ethyl adjacent to an activating group) is 1. The lowest BCUT2D eigenvalue weighted by molar-refractivity contribution is 0.146. The van der Waals surface area contributed by atoms with E-state index in [0.717, 1.165) is 25.8 Å². The molecule has 4 heteroatoms. The number of hydrogen-bond acceptors (Lipinski definition) is 2. The van der Waals surface area contributed by atoms with Crippen molar-refractivity contribution in [3.63, 3.8) is 0 Å². The van der Waals surface area contributed by atoms with Gasteiger partial charge in [0.15, 0.2) is 0 Å². The highest BCUT2D eigenvalue weighted by Crippen LogP contribution is 2.20. The summed E-state index contributed by atoms with van der Waals surface area (Å²) in [5.74, 6) is 0. The fraction of sp³-hybridized carbons (Fsp3) is 0.611. The Morgan fingerprint density at radius 3 is 2.68 bits per heavy atom. The zero-order valence-electron chi connectivity index (χ0n) is 14.1. The Labute approximate surface area is 134 Å². The van der Waals surface area contributed by atoms with Crippen LogP contribution in [-0.4, -0.2) is 49.1 Å². The van der Waals surface area contributed by atoms with E-state index in [-0.39, 0.29) is 12.1 Å². The van der Waals surface area contributed by atoms with Crippen LogP contribution in [0.1, 0.15) is 44.2 Å². The molecule has 0 aliphatic carbocycles. The Morgan fingerprint density at radius 1 is 1.32 bits per heavy atom. The maximum absolute atomic E-state index is 12.5. The van der Waals surface area contributed by atoms with E-state index >= 15 is 0 Å². The van der Waals surface area contributed by atoms with Gasteiger partial charge in [0.25, 0.3) is 0 Å². The van der Waals surface area contributed by atoms with Gasteiger partial charge in [0, 0.05) is 19.1 Å². The standard InChI is InChI=1S/C18H29N3O/c1-4-16-12-8-9-13-21(16)18(22)19-14-17(20(2)3)15-10-6-5-7-11-15/h5-7,10-11,16-17H,4,8-9,12-14H2,1-3H3,(H,19,22). The third-order valence-electron chi connectivity index (χ3n) is 4.61. The summed E-state index contributed by atoms with van der Waals surface area (Å²) in [5.41, 5.74) is 1.23. The minimum Gasteiger partial charge on any atom is -0.336 e. The first-order chi connectivity index (χ1) is 10.6. The number of nitrogens with zero attached hydrogens (tertiary/aromatic N) is 2. The Bertz CT molecular complexity index is 461. The molecule has 1 heterocycles. The molecule has 1 aromatic rings. The van der Waals surface area contributed by atoms with Crippen LogP contribution in [0.5, 0.6) is 0 Å². The van der Waals surface area contributed by atoms with Gasteiger partial charge < -0.3 is 15.1 Å². The Kier molecular flexibility index (Phi) is 6.25. The normalized spacial score (nSPS) is 20.0. The lowest BCUT2D eigenvalue weighted by Gasteiger charge is -2.36. The summed E-state index contributed by atoms with van der Waals surface area (Å²) < 4.78 is 0. The van der Waals surface area contributed by atoms with Crippen molar-refractivity contribution in [1.82, 2.24) is 15.1 Å². The summed E-state index contributed by atoms with van der Waals surface area (Å²) >= 11 is 0. The van der Waals surface area contributed by atoms with Gasteiger partial charge in [0.2, 0.25) is 0 Å². The van der Waals surface area contributed by atoms with Crippen LogP contribution >= 0.6 is 0 Å². The van der Waals surface area contributed by atoms with Gasteiger partial charge in [-0.1, -0.05) is 37.3 Å². The highest BCUT2D eigenvalue weighted by Gasteiger charge is 2.26. The largest absolute Gasteiger partial charge is 0.336 e. The molecule has 1 aliphatic heterocycles. The topological polar surface area (TPSA) is 35.6 Å². The van der Waals surface area contributed by atoms with Crippen molar-refractivity contribution in [3.05, 3.63) is 35.9 Å². The molecular formula is C18H29N3O. The van der Waals surface area contributed by atoms with Crippen LogP contribution < -0.4 is 5.32 Å². The smallest absolute Gasteiger partial charge is 0.317 e. The van der Waals surface area contributed by atoms with E-state index < -0.39 is 0 Å². The molecule has 0 bridgehead atoms. The zero-order valence-corrected chi connectivity index (χ0v) is 14.1. The molecule has 1 aliphatic rings. The van der Waals surface area contributed by atoms with Crippen LogP contribution in [0.25, 0.3) is 0 Å². The number of amides is 2. The predicted molar refractivity (Wildman–Crippen MR) is 90.9 cm³/mol. The molecule has 1 aromatic carbocycles. The molecule has 22 heavy (non-hydrogen) atoms. The number of piperidine rings is 1. The molecule has 0 aromatic heterocycles. The van der Waals surface area contributed by atoms with E-state index in [1.54, 1.807) is 0 Å². The Hall–Kier alpha value is -1.55. The summed E-state index contributed by atoms with van der Waals surface area (Å²) in [5, 5.41) is 3.14. The summed E-state index contributed by atoms with van der Waals surface area (Å²) in [7, 11) is 4.11. The van der Waals surface area contributed by atoms with Crippen molar-refractivity contribution in [1.29, 1.82) is 0 Å². The molecule has 0 radical (unpaired) electrons. The van der Waals surface area contributed by atoms with Gasteiger partial charge in [-0.2, -0.15) is 0 Å².